The molecule has 2 aromatic rings. The standard InChI is InChI=1S/C11H13N3O3S/c1-2-7(6-15)12-11-13-9-4-3-8(14(16)17)5-10(9)18-11/h3-5,7,15H,2,6H2,1H3,(H,12,13)/t7-/m0/s1. The maximum absolute atomic E-state index is 10.7. The van der Waals surface area contributed by atoms with E-state index < -0.39 is 4.92 Å². The van der Waals surface area contributed by atoms with Crippen LogP contribution < -0.4 is 5.32 Å². The van der Waals surface area contributed by atoms with Gasteiger partial charge < -0.3 is 10.4 Å². The van der Waals surface area contributed by atoms with Crippen molar-refractivity contribution in [2.45, 2.75) is 19.4 Å². The maximum Gasteiger partial charge on any atom is 0.270 e. The molecular weight excluding hydrogens is 254 g/mol. The Morgan fingerprint density at radius 1 is 1.61 bits per heavy atom. The van der Waals surface area contributed by atoms with Gasteiger partial charge in [-0.2, -0.15) is 0 Å². The minimum atomic E-state index is -0.422. The first kappa shape index (κ1) is 12.7. The minimum absolute atomic E-state index is 0.0343. The molecule has 0 spiro atoms. The van der Waals surface area contributed by atoms with E-state index in [2.05, 4.69) is 10.3 Å². The number of fused-ring (bicyclic) bond motifs is 1. The number of hydrogen-bond donors (Lipinski definition) is 2. The molecule has 0 bridgehead atoms. The lowest BCUT2D eigenvalue weighted by Gasteiger charge is -2.11. The van der Waals surface area contributed by atoms with E-state index in [1.807, 2.05) is 6.92 Å². The number of aliphatic hydroxyl groups is 1. The minimum Gasteiger partial charge on any atom is -0.394 e. The van der Waals surface area contributed by atoms with E-state index in [-0.39, 0.29) is 18.3 Å². The molecule has 1 heterocycles. The molecule has 1 aromatic carbocycles. The summed E-state index contributed by atoms with van der Waals surface area (Å²) in [6, 6.07) is 4.54. The third-order valence-electron chi connectivity index (χ3n) is 2.62. The lowest BCUT2D eigenvalue weighted by atomic mass is 10.2. The number of nitrogens with zero attached hydrogens (tertiary/aromatic N) is 2. The van der Waals surface area contributed by atoms with E-state index in [0.29, 0.717) is 5.13 Å². The van der Waals surface area contributed by atoms with Crippen LogP contribution in [0.25, 0.3) is 10.2 Å². The van der Waals surface area contributed by atoms with Crippen molar-refractivity contribution in [2.75, 3.05) is 11.9 Å². The molecular formula is C11H13N3O3S. The van der Waals surface area contributed by atoms with Gasteiger partial charge in [-0.25, -0.2) is 4.98 Å². The van der Waals surface area contributed by atoms with E-state index in [1.54, 1.807) is 6.07 Å². The van der Waals surface area contributed by atoms with Crippen LogP contribution in [0.1, 0.15) is 13.3 Å². The van der Waals surface area contributed by atoms with Gasteiger partial charge in [-0.3, -0.25) is 10.1 Å². The van der Waals surface area contributed by atoms with Crippen LogP contribution >= 0.6 is 11.3 Å². The zero-order valence-corrected chi connectivity index (χ0v) is 10.6. The van der Waals surface area contributed by atoms with Crippen LogP contribution in [0.2, 0.25) is 0 Å². The van der Waals surface area contributed by atoms with Crippen molar-refractivity contribution < 1.29 is 10.0 Å². The van der Waals surface area contributed by atoms with Crippen molar-refractivity contribution >= 4 is 32.4 Å². The zero-order valence-electron chi connectivity index (χ0n) is 9.79. The van der Waals surface area contributed by atoms with Crippen LogP contribution in [-0.2, 0) is 0 Å². The summed E-state index contributed by atoms with van der Waals surface area (Å²) in [4.78, 5) is 14.6. The predicted octanol–water partition coefficient (Wildman–Crippen LogP) is 2.39. The fraction of sp³-hybridized carbons (Fsp3) is 0.364. The van der Waals surface area contributed by atoms with Gasteiger partial charge in [0.05, 0.1) is 27.8 Å². The molecule has 0 radical (unpaired) electrons. The first-order valence-corrected chi connectivity index (χ1v) is 6.38. The van der Waals surface area contributed by atoms with E-state index in [0.717, 1.165) is 16.6 Å². The smallest absolute Gasteiger partial charge is 0.270 e. The Hall–Kier alpha value is -1.73. The predicted molar refractivity (Wildman–Crippen MR) is 71.1 cm³/mol. The molecule has 0 fully saturated rings. The monoisotopic (exact) mass is 267 g/mol. The van der Waals surface area contributed by atoms with Crippen LogP contribution in [0, 0.1) is 10.1 Å². The van der Waals surface area contributed by atoms with Crippen LogP contribution in [0.4, 0.5) is 10.8 Å². The summed E-state index contributed by atoms with van der Waals surface area (Å²) in [5.74, 6) is 0. The van der Waals surface area contributed by atoms with Gasteiger partial charge in [0.1, 0.15) is 0 Å². The SMILES string of the molecule is CC[C@@H](CO)Nc1nc2ccc([N+](=O)[O-])cc2s1. The molecule has 2 rings (SSSR count). The molecule has 0 amide bonds. The van der Waals surface area contributed by atoms with Crippen molar-refractivity contribution in [2.24, 2.45) is 0 Å². The highest BCUT2D eigenvalue weighted by Gasteiger charge is 2.12. The second-order valence-corrected chi connectivity index (χ2v) is 4.89. The molecule has 1 atom stereocenters. The Morgan fingerprint density at radius 3 is 3.00 bits per heavy atom. The van der Waals surface area contributed by atoms with E-state index in [1.165, 1.54) is 23.5 Å². The van der Waals surface area contributed by atoms with E-state index in [4.69, 9.17) is 5.11 Å². The van der Waals surface area contributed by atoms with Gasteiger partial charge in [0.25, 0.3) is 5.69 Å². The molecule has 7 heteroatoms. The number of aromatic nitrogens is 1. The molecule has 0 saturated carbocycles. The average Bonchev–Trinajstić information content (AvgIpc) is 2.76. The molecule has 96 valence electrons. The Morgan fingerprint density at radius 2 is 2.39 bits per heavy atom. The molecule has 0 unspecified atom stereocenters. The number of aliphatic hydroxyl groups excluding tert-OH is 1. The summed E-state index contributed by atoms with van der Waals surface area (Å²) in [5, 5.41) is 23.5. The lowest BCUT2D eigenvalue weighted by Crippen LogP contribution is -2.22. The van der Waals surface area contributed by atoms with E-state index in [9.17, 15) is 10.1 Å². The van der Waals surface area contributed by atoms with Crippen molar-refractivity contribution in [1.82, 2.24) is 4.98 Å². The number of thiazole rings is 1. The number of nitro benzene ring substituents is 1. The molecule has 0 aliphatic rings. The van der Waals surface area contributed by atoms with E-state index >= 15 is 0 Å². The van der Waals surface area contributed by atoms with Gasteiger partial charge in [-0.05, 0) is 12.5 Å². The normalized spacial score (nSPS) is 12.6. The molecule has 18 heavy (non-hydrogen) atoms. The Balaban J connectivity index is 2.29. The summed E-state index contributed by atoms with van der Waals surface area (Å²) in [6.45, 7) is 2.00. The van der Waals surface area contributed by atoms with Crippen molar-refractivity contribution in [3.05, 3.63) is 28.3 Å². The van der Waals surface area contributed by atoms with Crippen LogP contribution in [0.15, 0.2) is 18.2 Å². The number of anilines is 1. The Bertz CT molecular complexity index is 566. The topological polar surface area (TPSA) is 88.3 Å². The number of non-ortho nitro benzene ring substituents is 1. The summed E-state index contributed by atoms with van der Waals surface area (Å²) in [7, 11) is 0. The zero-order chi connectivity index (χ0) is 13.1. The number of benzene rings is 1. The van der Waals surface area contributed by atoms with Crippen LogP contribution in [-0.4, -0.2) is 27.7 Å². The van der Waals surface area contributed by atoms with Gasteiger partial charge in [0.15, 0.2) is 5.13 Å². The van der Waals surface area contributed by atoms with Gasteiger partial charge in [0.2, 0.25) is 0 Å². The summed E-state index contributed by atoms with van der Waals surface area (Å²) in [5.41, 5.74) is 0.785. The first-order valence-electron chi connectivity index (χ1n) is 5.56. The maximum atomic E-state index is 10.7. The third kappa shape index (κ3) is 2.57. The quantitative estimate of drug-likeness (QED) is 0.641. The Kier molecular flexibility index (Phi) is 3.73. The molecule has 1 aromatic heterocycles. The summed E-state index contributed by atoms with van der Waals surface area (Å²) >= 11 is 1.35. The lowest BCUT2D eigenvalue weighted by molar-refractivity contribution is -0.384. The van der Waals surface area contributed by atoms with Gasteiger partial charge >= 0.3 is 0 Å². The molecule has 2 N–H and O–H groups in total. The fourth-order valence-corrected chi connectivity index (χ4v) is 2.52. The summed E-state index contributed by atoms with van der Waals surface area (Å²) < 4.78 is 0.763. The second-order valence-electron chi connectivity index (χ2n) is 3.86. The largest absolute Gasteiger partial charge is 0.394 e. The van der Waals surface area contributed by atoms with Gasteiger partial charge in [-0.1, -0.05) is 18.3 Å². The number of nitro groups is 1. The summed E-state index contributed by atoms with van der Waals surface area (Å²) in [6.07, 6.45) is 0.784. The number of rotatable bonds is 5. The Labute approximate surface area is 107 Å². The molecule has 0 saturated heterocycles. The average molecular weight is 267 g/mol. The molecule has 0 aliphatic carbocycles. The highest BCUT2D eigenvalue weighted by Crippen LogP contribution is 2.29. The highest BCUT2D eigenvalue weighted by atomic mass is 32.1. The van der Waals surface area contributed by atoms with Gasteiger partial charge in [-0.15, -0.1) is 0 Å². The van der Waals surface area contributed by atoms with Crippen molar-refractivity contribution in [1.29, 1.82) is 0 Å². The molecule has 0 aliphatic heterocycles. The second kappa shape index (κ2) is 5.28. The van der Waals surface area contributed by atoms with Crippen molar-refractivity contribution in [3.63, 3.8) is 0 Å². The van der Waals surface area contributed by atoms with Gasteiger partial charge in [0, 0.05) is 12.1 Å². The number of nitrogens with one attached hydrogen (secondary N) is 1. The fourth-order valence-electron chi connectivity index (χ4n) is 1.54. The first-order chi connectivity index (χ1) is 8.63. The third-order valence-corrected chi connectivity index (χ3v) is 3.57. The van der Waals surface area contributed by atoms with Crippen LogP contribution in [0.3, 0.4) is 0 Å². The number of hydrogen-bond acceptors (Lipinski definition) is 6. The molecule has 6 nitrogen and oxygen atoms in total. The van der Waals surface area contributed by atoms with Crippen molar-refractivity contribution in [3.8, 4) is 0 Å². The van der Waals surface area contributed by atoms with Crippen LogP contribution in [0.5, 0.6) is 0 Å². The highest BCUT2D eigenvalue weighted by molar-refractivity contribution is 7.22.